The van der Waals surface area contributed by atoms with Crippen LogP contribution in [0.4, 0.5) is 0 Å². The lowest BCUT2D eigenvalue weighted by Gasteiger charge is -2.47. The molecule has 3 rings (SSSR count). The predicted molar refractivity (Wildman–Crippen MR) is 165 cm³/mol. The molecule has 0 saturated heterocycles. The smallest absolute Gasteiger partial charge is 0.0528 e. The van der Waals surface area contributed by atoms with Gasteiger partial charge in [-0.25, -0.2) is 0 Å². The highest BCUT2D eigenvalue weighted by Gasteiger charge is 2.48. The summed E-state index contributed by atoms with van der Waals surface area (Å²) in [6.07, 6.45) is 6.05. The third-order valence-corrected chi connectivity index (χ3v) is 10.8. The maximum atomic E-state index is 11.2. The average molecular weight is 533 g/mol. The molecule has 0 radical (unpaired) electrons. The Bertz CT molecular complexity index is 918. The summed E-state index contributed by atoms with van der Waals surface area (Å²) in [7, 11) is 0. The number of thioether (sulfide) groups is 3. The van der Waals surface area contributed by atoms with E-state index in [1.165, 1.54) is 16.7 Å². The van der Waals surface area contributed by atoms with Gasteiger partial charge in [0.25, 0.3) is 0 Å². The van der Waals surface area contributed by atoms with Crippen LogP contribution in [0, 0.1) is 5.41 Å². The average Bonchev–Trinajstić information content (AvgIpc) is 2.94. The topological polar surface area (TPSA) is 20.2 Å². The summed E-state index contributed by atoms with van der Waals surface area (Å²) < 4.78 is 0. The number of benzene rings is 3. The summed E-state index contributed by atoms with van der Waals surface area (Å²) >= 11 is 5.51. The molecule has 0 saturated carbocycles. The van der Waals surface area contributed by atoms with Crippen LogP contribution in [0.3, 0.4) is 0 Å². The summed E-state index contributed by atoms with van der Waals surface area (Å²) in [5.74, 6) is 2.54. The zero-order chi connectivity index (χ0) is 25.6. The van der Waals surface area contributed by atoms with E-state index in [1.807, 2.05) is 71.7 Å². The van der Waals surface area contributed by atoms with E-state index in [2.05, 4.69) is 92.5 Å². The van der Waals surface area contributed by atoms with Gasteiger partial charge in [0.15, 0.2) is 0 Å². The Morgan fingerprint density at radius 1 is 0.556 bits per heavy atom. The van der Waals surface area contributed by atoms with E-state index in [0.29, 0.717) is 0 Å². The Morgan fingerprint density at radius 3 is 1.06 bits per heavy atom. The van der Waals surface area contributed by atoms with Gasteiger partial charge in [0.05, 0.1) is 6.61 Å². The third kappa shape index (κ3) is 7.45. The van der Waals surface area contributed by atoms with Crippen molar-refractivity contribution in [3.05, 3.63) is 146 Å². The summed E-state index contributed by atoms with van der Waals surface area (Å²) in [6, 6.07) is 31.5. The molecule has 4 heteroatoms. The van der Waals surface area contributed by atoms with Crippen molar-refractivity contribution in [3.63, 3.8) is 0 Å². The lowest BCUT2D eigenvalue weighted by Crippen LogP contribution is -2.51. The van der Waals surface area contributed by atoms with Crippen LogP contribution in [-0.2, 0) is 17.3 Å². The summed E-state index contributed by atoms with van der Waals surface area (Å²) in [6.45, 7) is 12.7. The van der Waals surface area contributed by atoms with Crippen molar-refractivity contribution in [2.75, 3.05) is 6.61 Å². The van der Waals surface area contributed by atoms with Crippen LogP contribution in [0.5, 0.6) is 0 Å². The molecule has 0 aliphatic rings. The molecule has 3 unspecified atom stereocenters. The quantitative estimate of drug-likeness (QED) is 0.187. The van der Waals surface area contributed by atoms with Crippen molar-refractivity contribution in [1.82, 2.24) is 0 Å². The normalized spacial score (nSPS) is 15.2. The van der Waals surface area contributed by atoms with Crippen molar-refractivity contribution in [2.24, 2.45) is 5.41 Å². The van der Waals surface area contributed by atoms with Gasteiger partial charge in [-0.2, -0.15) is 0 Å². The van der Waals surface area contributed by atoms with E-state index < -0.39 is 5.41 Å². The van der Waals surface area contributed by atoms with Crippen molar-refractivity contribution < 1.29 is 5.11 Å². The fourth-order valence-corrected chi connectivity index (χ4v) is 8.76. The van der Waals surface area contributed by atoms with E-state index in [-0.39, 0.29) is 22.4 Å². The van der Waals surface area contributed by atoms with Crippen molar-refractivity contribution in [2.45, 2.75) is 33.0 Å². The van der Waals surface area contributed by atoms with E-state index in [9.17, 15) is 5.11 Å². The molecule has 0 amide bonds. The molecule has 0 spiro atoms. The van der Waals surface area contributed by atoms with Gasteiger partial charge in [-0.1, -0.05) is 109 Å². The van der Waals surface area contributed by atoms with Gasteiger partial charge in [-0.15, -0.1) is 55.0 Å². The van der Waals surface area contributed by atoms with Gasteiger partial charge >= 0.3 is 0 Å². The van der Waals surface area contributed by atoms with E-state index in [4.69, 9.17) is 0 Å². The molecule has 0 bridgehead atoms. The number of hydrogen-bond donors (Lipinski definition) is 1. The predicted octanol–water partition coefficient (Wildman–Crippen LogP) is 8.43. The van der Waals surface area contributed by atoms with E-state index in [1.54, 1.807) is 0 Å². The summed E-state index contributed by atoms with van der Waals surface area (Å²) in [5.41, 5.74) is 3.27. The second-order valence-electron chi connectivity index (χ2n) is 8.63. The van der Waals surface area contributed by atoms with Crippen LogP contribution in [0.25, 0.3) is 0 Å². The molecular weight excluding hydrogens is 497 g/mol. The molecule has 188 valence electrons. The zero-order valence-electron chi connectivity index (χ0n) is 20.7. The van der Waals surface area contributed by atoms with Crippen LogP contribution in [0.15, 0.2) is 129 Å². The Kier molecular flexibility index (Phi) is 12.0. The largest absolute Gasteiger partial charge is 0.396 e. The minimum absolute atomic E-state index is 0.000234. The Balaban J connectivity index is 1.93. The second kappa shape index (κ2) is 15.2. The Hall–Kier alpha value is -2.11. The number of aliphatic hydroxyl groups is 1. The van der Waals surface area contributed by atoms with E-state index in [0.717, 1.165) is 17.3 Å². The van der Waals surface area contributed by atoms with E-state index >= 15 is 0 Å². The lowest BCUT2D eigenvalue weighted by molar-refractivity contribution is 0.146. The number of aliphatic hydroxyl groups excluding tert-OH is 1. The van der Waals surface area contributed by atoms with Gasteiger partial charge < -0.3 is 5.11 Å². The first-order valence-electron chi connectivity index (χ1n) is 12.1. The van der Waals surface area contributed by atoms with Gasteiger partial charge in [0.1, 0.15) is 0 Å². The van der Waals surface area contributed by atoms with Crippen LogP contribution in [-0.4, -0.2) is 27.5 Å². The van der Waals surface area contributed by atoms with Crippen molar-refractivity contribution >= 4 is 35.3 Å². The first-order valence-corrected chi connectivity index (χ1v) is 15.3. The molecule has 1 nitrogen and oxygen atoms in total. The molecule has 3 aromatic rings. The molecule has 36 heavy (non-hydrogen) atoms. The standard InChI is InChI=1S/C32H36OS3/c1-4-29(34-22-26-16-10-7-11-17-26)32(25-33,30(5-2)35-23-27-18-12-8-13-19-27)31(6-3)36-24-28-20-14-9-15-21-28/h4-21,29-31,33H,1-3,22-25H2. The second-order valence-corrected chi connectivity index (χ2v) is 12.0. The lowest BCUT2D eigenvalue weighted by atomic mass is 9.77. The summed E-state index contributed by atoms with van der Waals surface area (Å²) in [4.78, 5) is 0. The maximum absolute atomic E-state index is 11.2. The molecule has 0 aliphatic heterocycles. The SMILES string of the molecule is C=CC(SCc1ccccc1)C(CO)(C(C=C)SCc1ccccc1)C(C=C)SCc1ccccc1. The molecule has 0 fully saturated rings. The highest BCUT2D eigenvalue weighted by Crippen LogP contribution is 2.50. The fraction of sp³-hybridized carbons (Fsp3) is 0.250. The Morgan fingerprint density at radius 2 is 0.833 bits per heavy atom. The van der Waals surface area contributed by atoms with Crippen LogP contribution in [0.2, 0.25) is 0 Å². The van der Waals surface area contributed by atoms with Gasteiger partial charge in [0, 0.05) is 38.4 Å². The van der Waals surface area contributed by atoms with Crippen molar-refractivity contribution in [1.29, 1.82) is 0 Å². The highest BCUT2D eigenvalue weighted by molar-refractivity contribution is 8.01. The summed E-state index contributed by atoms with van der Waals surface area (Å²) in [5, 5.41) is 11.2. The van der Waals surface area contributed by atoms with Gasteiger partial charge in [-0.05, 0) is 16.7 Å². The Labute approximate surface area is 230 Å². The molecule has 3 aromatic carbocycles. The maximum Gasteiger partial charge on any atom is 0.0528 e. The van der Waals surface area contributed by atoms with Gasteiger partial charge in [-0.3, -0.25) is 0 Å². The van der Waals surface area contributed by atoms with Crippen molar-refractivity contribution in [3.8, 4) is 0 Å². The van der Waals surface area contributed by atoms with Crippen LogP contribution in [0.1, 0.15) is 16.7 Å². The first kappa shape index (κ1) is 28.5. The number of hydrogen-bond acceptors (Lipinski definition) is 4. The molecule has 3 atom stereocenters. The first-order chi connectivity index (χ1) is 17.7. The van der Waals surface area contributed by atoms with Crippen LogP contribution < -0.4 is 0 Å². The monoisotopic (exact) mass is 532 g/mol. The third-order valence-electron chi connectivity index (χ3n) is 6.32. The molecular formula is C32H36OS3. The molecule has 0 aliphatic carbocycles. The zero-order valence-corrected chi connectivity index (χ0v) is 23.2. The van der Waals surface area contributed by atoms with Gasteiger partial charge in [0.2, 0.25) is 0 Å². The minimum Gasteiger partial charge on any atom is -0.396 e. The molecule has 0 heterocycles. The molecule has 0 aromatic heterocycles. The number of rotatable bonds is 16. The van der Waals surface area contributed by atoms with Crippen LogP contribution >= 0.6 is 35.3 Å². The minimum atomic E-state index is -0.524. The molecule has 1 N–H and O–H groups in total. The fourth-order valence-electron chi connectivity index (χ4n) is 4.36. The highest BCUT2D eigenvalue weighted by atomic mass is 32.2.